The lowest BCUT2D eigenvalue weighted by Gasteiger charge is -2.32. The Labute approximate surface area is 137 Å². The summed E-state index contributed by atoms with van der Waals surface area (Å²) in [5.41, 5.74) is 4.00. The molecule has 1 aliphatic rings. The van der Waals surface area contributed by atoms with Crippen LogP contribution in [0, 0.1) is 6.92 Å². The second-order valence-electron chi connectivity index (χ2n) is 6.02. The maximum absolute atomic E-state index is 12.8. The number of pyridine rings is 1. The van der Waals surface area contributed by atoms with Gasteiger partial charge in [-0.2, -0.15) is 0 Å². The van der Waals surface area contributed by atoms with Gasteiger partial charge in [0.2, 0.25) is 0 Å². The fraction of sp³-hybridized carbons (Fsp3) is 0.368. The van der Waals surface area contributed by atoms with Crippen molar-refractivity contribution in [3.05, 3.63) is 53.9 Å². The van der Waals surface area contributed by atoms with Gasteiger partial charge in [0, 0.05) is 38.2 Å². The number of hydrogen-bond donors (Lipinski definition) is 0. The van der Waals surface area contributed by atoms with Crippen molar-refractivity contribution in [3.8, 4) is 11.1 Å². The lowest BCUT2D eigenvalue weighted by molar-refractivity contribution is 0.0269. The molecular weight excluding hydrogens is 288 g/mol. The Balaban J connectivity index is 1.85. The minimum absolute atomic E-state index is 0.0836. The highest BCUT2D eigenvalue weighted by atomic mass is 16.5. The van der Waals surface area contributed by atoms with Gasteiger partial charge in [0.15, 0.2) is 0 Å². The van der Waals surface area contributed by atoms with E-state index in [9.17, 15) is 4.79 Å². The van der Waals surface area contributed by atoms with E-state index in [1.807, 2.05) is 48.4 Å². The third-order valence-corrected chi connectivity index (χ3v) is 4.44. The van der Waals surface area contributed by atoms with Crippen LogP contribution < -0.4 is 0 Å². The normalized spacial score (nSPS) is 18.0. The van der Waals surface area contributed by atoms with Crippen LogP contribution in [0.1, 0.15) is 28.8 Å². The molecule has 1 aromatic carbocycles. The monoisotopic (exact) mass is 310 g/mol. The second-order valence-corrected chi connectivity index (χ2v) is 6.02. The molecule has 23 heavy (non-hydrogen) atoms. The van der Waals surface area contributed by atoms with Crippen molar-refractivity contribution in [1.82, 2.24) is 9.88 Å². The van der Waals surface area contributed by atoms with Crippen molar-refractivity contribution in [2.24, 2.45) is 0 Å². The molecule has 1 saturated heterocycles. The van der Waals surface area contributed by atoms with Crippen molar-refractivity contribution in [2.45, 2.75) is 25.9 Å². The number of carbonyl (C=O) groups is 1. The van der Waals surface area contributed by atoms with Gasteiger partial charge in [-0.3, -0.25) is 9.78 Å². The van der Waals surface area contributed by atoms with Gasteiger partial charge < -0.3 is 9.64 Å². The zero-order valence-corrected chi connectivity index (χ0v) is 13.7. The Morgan fingerprint density at radius 2 is 2.22 bits per heavy atom. The molecule has 1 atom stereocenters. The van der Waals surface area contributed by atoms with Gasteiger partial charge in [-0.05, 0) is 54.7 Å². The van der Waals surface area contributed by atoms with E-state index < -0.39 is 0 Å². The van der Waals surface area contributed by atoms with E-state index in [2.05, 4.69) is 4.98 Å². The Hall–Kier alpha value is -2.20. The van der Waals surface area contributed by atoms with Gasteiger partial charge in [-0.15, -0.1) is 0 Å². The third-order valence-electron chi connectivity index (χ3n) is 4.44. The molecule has 3 rings (SSSR count). The van der Waals surface area contributed by atoms with Crippen LogP contribution in [-0.4, -0.2) is 42.1 Å². The van der Waals surface area contributed by atoms with Crippen LogP contribution in [0.3, 0.4) is 0 Å². The van der Waals surface area contributed by atoms with Crippen LogP contribution >= 0.6 is 0 Å². The van der Waals surface area contributed by atoms with Crippen LogP contribution in [-0.2, 0) is 4.74 Å². The third kappa shape index (κ3) is 3.42. The summed E-state index contributed by atoms with van der Waals surface area (Å²) in [6.45, 7) is 3.51. The number of piperidine rings is 1. The second kappa shape index (κ2) is 6.92. The molecule has 4 heteroatoms. The Kier molecular flexibility index (Phi) is 4.72. The van der Waals surface area contributed by atoms with Crippen molar-refractivity contribution in [2.75, 3.05) is 20.2 Å². The zero-order chi connectivity index (χ0) is 16.2. The summed E-state index contributed by atoms with van der Waals surface area (Å²) >= 11 is 0. The van der Waals surface area contributed by atoms with Crippen LogP contribution in [0.4, 0.5) is 0 Å². The maximum atomic E-state index is 12.8. The number of amides is 1. The first-order valence-electron chi connectivity index (χ1n) is 8.02. The molecule has 0 aliphatic carbocycles. The predicted octanol–water partition coefficient (Wildman–Crippen LogP) is 3.31. The summed E-state index contributed by atoms with van der Waals surface area (Å²) in [6.07, 6.45) is 5.80. The summed E-state index contributed by atoms with van der Waals surface area (Å²) < 4.78 is 5.42. The lowest BCUT2D eigenvalue weighted by atomic mass is 9.99. The average Bonchev–Trinajstić information content (AvgIpc) is 2.61. The number of benzene rings is 1. The van der Waals surface area contributed by atoms with Crippen LogP contribution in [0.25, 0.3) is 11.1 Å². The summed E-state index contributed by atoms with van der Waals surface area (Å²) in [6, 6.07) is 9.83. The number of hydrogen-bond acceptors (Lipinski definition) is 3. The van der Waals surface area contributed by atoms with Gasteiger partial charge in [-0.1, -0.05) is 12.1 Å². The number of aromatic nitrogens is 1. The highest BCUT2D eigenvalue weighted by Gasteiger charge is 2.24. The van der Waals surface area contributed by atoms with Crippen molar-refractivity contribution in [1.29, 1.82) is 0 Å². The van der Waals surface area contributed by atoms with Gasteiger partial charge >= 0.3 is 0 Å². The number of aryl methyl sites for hydroxylation is 1. The van der Waals surface area contributed by atoms with E-state index in [-0.39, 0.29) is 12.0 Å². The van der Waals surface area contributed by atoms with Crippen molar-refractivity contribution >= 4 is 5.91 Å². The minimum Gasteiger partial charge on any atom is -0.380 e. The molecule has 1 fully saturated rings. The van der Waals surface area contributed by atoms with Gasteiger partial charge in [0.25, 0.3) is 5.91 Å². The standard InChI is InChI=1S/C19H22N2O2/c1-14-12-20-9-8-18(14)15-5-3-6-16(11-15)19(22)21-10-4-7-17(13-21)23-2/h3,5-6,8-9,11-12,17H,4,7,10,13H2,1-2H3/t17-/m0/s1. The number of nitrogens with zero attached hydrogens (tertiary/aromatic N) is 2. The van der Waals surface area contributed by atoms with E-state index in [4.69, 9.17) is 4.74 Å². The maximum Gasteiger partial charge on any atom is 0.253 e. The number of likely N-dealkylation sites (tertiary alicyclic amines) is 1. The minimum atomic E-state index is 0.0836. The number of carbonyl (C=O) groups excluding carboxylic acids is 1. The smallest absolute Gasteiger partial charge is 0.253 e. The molecule has 0 spiro atoms. The number of rotatable bonds is 3. The van der Waals surface area contributed by atoms with Crippen LogP contribution in [0.2, 0.25) is 0 Å². The first kappa shape index (κ1) is 15.7. The largest absolute Gasteiger partial charge is 0.380 e. The molecule has 0 radical (unpaired) electrons. The van der Waals surface area contributed by atoms with Gasteiger partial charge in [-0.25, -0.2) is 0 Å². The molecule has 0 bridgehead atoms. The van der Waals surface area contributed by atoms with Gasteiger partial charge in [0.05, 0.1) is 6.10 Å². The molecule has 4 nitrogen and oxygen atoms in total. The fourth-order valence-electron chi connectivity index (χ4n) is 3.11. The number of ether oxygens (including phenoxy) is 1. The van der Waals surface area contributed by atoms with E-state index in [1.54, 1.807) is 13.3 Å². The Morgan fingerprint density at radius 3 is 3.00 bits per heavy atom. The summed E-state index contributed by atoms with van der Waals surface area (Å²) in [5, 5.41) is 0. The average molecular weight is 310 g/mol. The topological polar surface area (TPSA) is 42.4 Å². The highest BCUT2D eigenvalue weighted by Crippen LogP contribution is 2.24. The highest BCUT2D eigenvalue weighted by molar-refractivity contribution is 5.95. The molecule has 1 aromatic heterocycles. The lowest BCUT2D eigenvalue weighted by Crippen LogP contribution is -2.42. The Bertz CT molecular complexity index is 699. The van der Waals surface area contributed by atoms with Crippen molar-refractivity contribution in [3.63, 3.8) is 0 Å². The quantitative estimate of drug-likeness (QED) is 0.873. The summed E-state index contributed by atoms with van der Waals surface area (Å²) in [5.74, 6) is 0.0836. The molecule has 0 saturated carbocycles. The molecule has 2 heterocycles. The Morgan fingerprint density at radius 1 is 1.35 bits per heavy atom. The molecule has 0 unspecified atom stereocenters. The zero-order valence-electron chi connectivity index (χ0n) is 13.7. The van der Waals surface area contributed by atoms with E-state index >= 15 is 0 Å². The summed E-state index contributed by atoms with van der Waals surface area (Å²) in [4.78, 5) is 18.8. The van der Waals surface area contributed by atoms with Crippen LogP contribution in [0.5, 0.6) is 0 Å². The molecule has 2 aromatic rings. The van der Waals surface area contributed by atoms with Crippen LogP contribution in [0.15, 0.2) is 42.7 Å². The van der Waals surface area contributed by atoms with E-state index in [1.165, 1.54) is 0 Å². The molecule has 120 valence electrons. The SMILES string of the molecule is CO[C@H]1CCCN(C(=O)c2cccc(-c3ccncc3C)c2)C1. The van der Waals surface area contributed by atoms with Gasteiger partial charge in [0.1, 0.15) is 0 Å². The van der Waals surface area contributed by atoms with Crippen molar-refractivity contribution < 1.29 is 9.53 Å². The molecule has 1 amide bonds. The first-order chi connectivity index (χ1) is 11.2. The van der Waals surface area contributed by atoms with E-state index in [0.717, 1.165) is 41.6 Å². The first-order valence-corrected chi connectivity index (χ1v) is 8.02. The molecular formula is C19H22N2O2. The van der Waals surface area contributed by atoms with E-state index in [0.29, 0.717) is 6.54 Å². The molecule has 0 N–H and O–H groups in total. The predicted molar refractivity (Wildman–Crippen MR) is 90.3 cm³/mol. The number of methoxy groups -OCH3 is 1. The molecule has 1 aliphatic heterocycles. The summed E-state index contributed by atoms with van der Waals surface area (Å²) in [7, 11) is 1.71. The fourth-order valence-corrected chi connectivity index (χ4v) is 3.11.